The van der Waals surface area contributed by atoms with E-state index in [2.05, 4.69) is 9.97 Å². The quantitative estimate of drug-likeness (QED) is 0.805. The van der Waals surface area contributed by atoms with Crippen LogP contribution >= 0.6 is 0 Å². The third-order valence-electron chi connectivity index (χ3n) is 2.72. The molecule has 2 rings (SSSR count). The molecule has 0 radical (unpaired) electrons. The maximum atomic E-state index is 12.0. The van der Waals surface area contributed by atoms with Crippen molar-refractivity contribution in [1.29, 1.82) is 0 Å². The monoisotopic (exact) mass is 220 g/mol. The third-order valence-corrected chi connectivity index (χ3v) is 2.72. The zero-order valence-electron chi connectivity index (χ0n) is 9.82. The van der Waals surface area contributed by atoms with Crippen LogP contribution in [-0.4, -0.2) is 34.9 Å². The first kappa shape index (κ1) is 10.9. The van der Waals surface area contributed by atoms with Gasteiger partial charge in [-0.1, -0.05) is 0 Å². The molecule has 1 aliphatic carbocycles. The van der Waals surface area contributed by atoms with Gasteiger partial charge in [-0.3, -0.25) is 4.79 Å². The second kappa shape index (κ2) is 3.73. The van der Waals surface area contributed by atoms with Crippen molar-refractivity contribution in [2.45, 2.75) is 25.7 Å². The van der Waals surface area contributed by atoms with Crippen LogP contribution < -0.4 is 5.73 Å². The molecule has 1 saturated carbocycles. The summed E-state index contributed by atoms with van der Waals surface area (Å²) in [6, 6.07) is 0. The molecule has 0 unspecified atom stereocenters. The van der Waals surface area contributed by atoms with Crippen LogP contribution in [0.15, 0.2) is 0 Å². The number of carbonyl (C=O) groups excluding carboxylic acids is 1. The molecule has 1 aromatic rings. The van der Waals surface area contributed by atoms with Gasteiger partial charge in [-0.25, -0.2) is 9.97 Å². The minimum Gasteiger partial charge on any atom is -0.368 e. The lowest BCUT2D eigenvalue weighted by Gasteiger charge is -2.15. The molecule has 0 spiro atoms. The van der Waals surface area contributed by atoms with Gasteiger partial charge in [-0.2, -0.15) is 0 Å². The van der Waals surface area contributed by atoms with Crippen LogP contribution in [0.3, 0.4) is 0 Å². The highest BCUT2D eigenvalue weighted by Gasteiger charge is 2.32. The average Bonchev–Trinajstić information content (AvgIpc) is 2.98. The average molecular weight is 220 g/mol. The largest absolute Gasteiger partial charge is 0.368 e. The molecule has 86 valence electrons. The van der Waals surface area contributed by atoms with Crippen LogP contribution in [0.2, 0.25) is 0 Å². The number of anilines is 1. The Morgan fingerprint density at radius 1 is 1.38 bits per heavy atom. The Hall–Kier alpha value is -1.65. The van der Waals surface area contributed by atoms with E-state index in [1.807, 2.05) is 0 Å². The number of hydrogen-bond acceptors (Lipinski definition) is 4. The predicted molar refractivity (Wildman–Crippen MR) is 61.2 cm³/mol. The molecule has 2 N–H and O–H groups in total. The summed E-state index contributed by atoms with van der Waals surface area (Å²) < 4.78 is 0. The zero-order valence-corrected chi connectivity index (χ0v) is 9.82. The summed E-state index contributed by atoms with van der Waals surface area (Å²) >= 11 is 0. The molecule has 1 fully saturated rings. The molecule has 5 nitrogen and oxygen atoms in total. The molecule has 5 heteroatoms. The van der Waals surface area contributed by atoms with E-state index < -0.39 is 0 Å². The summed E-state index contributed by atoms with van der Waals surface area (Å²) in [7, 11) is 3.46. The van der Waals surface area contributed by atoms with Crippen molar-refractivity contribution in [2.75, 3.05) is 19.8 Å². The van der Waals surface area contributed by atoms with E-state index in [0.29, 0.717) is 17.2 Å². The van der Waals surface area contributed by atoms with Gasteiger partial charge in [0.2, 0.25) is 5.95 Å². The van der Waals surface area contributed by atoms with Crippen molar-refractivity contribution in [3.63, 3.8) is 0 Å². The van der Waals surface area contributed by atoms with Gasteiger partial charge in [0.25, 0.3) is 5.91 Å². The molecule has 0 bridgehead atoms. The molecule has 1 amide bonds. The lowest BCUT2D eigenvalue weighted by Crippen LogP contribution is -2.25. The SMILES string of the molecule is Cc1nc(N)nc(C2CC2)c1C(=O)N(C)C. The first-order valence-electron chi connectivity index (χ1n) is 5.36. The van der Waals surface area contributed by atoms with Crippen molar-refractivity contribution >= 4 is 11.9 Å². The Morgan fingerprint density at radius 3 is 2.50 bits per heavy atom. The smallest absolute Gasteiger partial charge is 0.257 e. The zero-order chi connectivity index (χ0) is 11.9. The van der Waals surface area contributed by atoms with E-state index in [0.717, 1.165) is 18.5 Å². The molecule has 0 atom stereocenters. The number of aromatic nitrogens is 2. The van der Waals surface area contributed by atoms with Crippen LogP contribution in [0.25, 0.3) is 0 Å². The molecule has 16 heavy (non-hydrogen) atoms. The van der Waals surface area contributed by atoms with Gasteiger partial charge in [-0.05, 0) is 19.8 Å². The van der Waals surface area contributed by atoms with Crippen molar-refractivity contribution in [1.82, 2.24) is 14.9 Å². The Labute approximate surface area is 94.7 Å². The summed E-state index contributed by atoms with van der Waals surface area (Å²) in [5.74, 6) is 0.608. The van der Waals surface area contributed by atoms with Gasteiger partial charge < -0.3 is 10.6 Å². The van der Waals surface area contributed by atoms with E-state index in [1.54, 1.807) is 25.9 Å². The fourth-order valence-electron chi connectivity index (χ4n) is 1.76. The van der Waals surface area contributed by atoms with E-state index in [9.17, 15) is 4.79 Å². The second-order valence-corrected chi connectivity index (χ2v) is 4.40. The number of carbonyl (C=O) groups is 1. The van der Waals surface area contributed by atoms with Crippen LogP contribution in [0.5, 0.6) is 0 Å². The van der Waals surface area contributed by atoms with Gasteiger partial charge in [-0.15, -0.1) is 0 Å². The Kier molecular flexibility index (Phi) is 2.53. The highest BCUT2D eigenvalue weighted by Crippen LogP contribution is 2.41. The van der Waals surface area contributed by atoms with Crippen LogP contribution in [0.4, 0.5) is 5.95 Å². The first-order valence-corrected chi connectivity index (χ1v) is 5.36. The van der Waals surface area contributed by atoms with Crippen molar-refractivity contribution in [3.05, 3.63) is 17.0 Å². The highest BCUT2D eigenvalue weighted by atomic mass is 16.2. The number of amides is 1. The predicted octanol–water partition coefficient (Wildman–Crippen LogP) is 0.946. The van der Waals surface area contributed by atoms with E-state index in [4.69, 9.17) is 5.73 Å². The summed E-state index contributed by atoms with van der Waals surface area (Å²) in [6.07, 6.45) is 2.17. The molecule has 0 saturated heterocycles. The maximum Gasteiger partial charge on any atom is 0.257 e. The summed E-state index contributed by atoms with van der Waals surface area (Å²) in [5, 5.41) is 0. The molecule has 1 aliphatic rings. The molecule has 1 heterocycles. The number of nitrogens with two attached hydrogens (primary N) is 1. The maximum absolute atomic E-state index is 12.0. The van der Waals surface area contributed by atoms with Gasteiger partial charge in [0.1, 0.15) is 0 Å². The lowest BCUT2D eigenvalue weighted by atomic mass is 10.1. The number of nitrogens with zero attached hydrogens (tertiary/aromatic N) is 3. The van der Waals surface area contributed by atoms with Gasteiger partial charge in [0, 0.05) is 20.0 Å². The van der Waals surface area contributed by atoms with E-state index >= 15 is 0 Å². The first-order chi connectivity index (χ1) is 7.50. The highest BCUT2D eigenvalue weighted by molar-refractivity contribution is 5.96. The Bertz CT molecular complexity index is 438. The van der Waals surface area contributed by atoms with Crippen LogP contribution in [0, 0.1) is 6.92 Å². The molecular weight excluding hydrogens is 204 g/mol. The van der Waals surface area contributed by atoms with Crippen molar-refractivity contribution < 1.29 is 4.79 Å². The van der Waals surface area contributed by atoms with Crippen molar-refractivity contribution in [2.24, 2.45) is 0 Å². The molecular formula is C11H16N4O. The van der Waals surface area contributed by atoms with Gasteiger partial charge in [0.05, 0.1) is 17.0 Å². The standard InChI is InChI=1S/C11H16N4O/c1-6-8(10(16)15(2)3)9(7-4-5-7)14-11(12)13-6/h7H,4-5H2,1-3H3,(H2,12,13,14). The fraction of sp³-hybridized carbons (Fsp3) is 0.545. The van der Waals surface area contributed by atoms with Crippen LogP contribution in [0.1, 0.15) is 40.5 Å². The molecule has 0 aliphatic heterocycles. The number of nitrogen functional groups attached to an aromatic ring is 1. The fourth-order valence-corrected chi connectivity index (χ4v) is 1.76. The van der Waals surface area contributed by atoms with Gasteiger partial charge in [0.15, 0.2) is 0 Å². The van der Waals surface area contributed by atoms with Gasteiger partial charge >= 0.3 is 0 Å². The number of hydrogen-bond donors (Lipinski definition) is 1. The Morgan fingerprint density at radius 2 is 2.00 bits per heavy atom. The molecule has 1 aromatic heterocycles. The summed E-state index contributed by atoms with van der Waals surface area (Å²) in [5.41, 5.74) is 7.75. The normalized spacial score (nSPS) is 14.9. The topological polar surface area (TPSA) is 72.1 Å². The van der Waals surface area contributed by atoms with Crippen LogP contribution in [-0.2, 0) is 0 Å². The number of aryl methyl sites for hydroxylation is 1. The van der Waals surface area contributed by atoms with E-state index in [-0.39, 0.29) is 11.9 Å². The van der Waals surface area contributed by atoms with E-state index in [1.165, 1.54) is 0 Å². The number of rotatable bonds is 2. The second-order valence-electron chi connectivity index (χ2n) is 4.40. The third kappa shape index (κ3) is 1.85. The van der Waals surface area contributed by atoms with Crippen molar-refractivity contribution in [3.8, 4) is 0 Å². The lowest BCUT2D eigenvalue weighted by molar-refractivity contribution is 0.0824. The molecule has 0 aromatic carbocycles. The Balaban J connectivity index is 2.53. The summed E-state index contributed by atoms with van der Waals surface area (Å²) in [4.78, 5) is 21.9. The minimum atomic E-state index is -0.0422. The summed E-state index contributed by atoms with van der Waals surface area (Å²) in [6.45, 7) is 1.81. The minimum absolute atomic E-state index is 0.0422.